The molecule has 172 valence electrons. The van der Waals surface area contributed by atoms with E-state index in [1.54, 1.807) is 55.7 Å². The van der Waals surface area contributed by atoms with E-state index < -0.39 is 11.4 Å². The molecule has 3 aromatic carbocycles. The van der Waals surface area contributed by atoms with Gasteiger partial charge in [0.15, 0.2) is 17.3 Å². The molecule has 0 aliphatic heterocycles. The van der Waals surface area contributed by atoms with E-state index in [4.69, 9.17) is 18.6 Å². The van der Waals surface area contributed by atoms with Crippen LogP contribution in [0.5, 0.6) is 17.2 Å². The number of benzene rings is 3. The maximum absolute atomic E-state index is 13.4. The number of fused-ring (bicyclic) bond motifs is 1. The fourth-order valence-corrected chi connectivity index (χ4v) is 3.57. The van der Waals surface area contributed by atoms with Crippen molar-refractivity contribution in [1.82, 2.24) is 0 Å². The van der Waals surface area contributed by atoms with Gasteiger partial charge in [-0.25, -0.2) is 4.79 Å². The number of aryl methyl sites for hydroxylation is 1. The third kappa shape index (κ3) is 4.71. The number of hydrogen-bond acceptors (Lipinski definition) is 6. The lowest BCUT2D eigenvalue weighted by molar-refractivity contribution is -0.129. The van der Waals surface area contributed by atoms with E-state index in [2.05, 4.69) is 0 Å². The van der Waals surface area contributed by atoms with Gasteiger partial charge in [0.25, 0.3) is 0 Å². The molecule has 0 bridgehead atoms. The number of ether oxygens (including phenoxy) is 3. The first-order valence-corrected chi connectivity index (χ1v) is 10.8. The summed E-state index contributed by atoms with van der Waals surface area (Å²) in [4.78, 5) is 26.1. The fraction of sp³-hybridized carbons (Fsp3) is 0.143. The summed E-state index contributed by atoms with van der Waals surface area (Å²) in [5.41, 5.74) is 2.35. The van der Waals surface area contributed by atoms with Crippen molar-refractivity contribution in [3.63, 3.8) is 0 Å². The van der Waals surface area contributed by atoms with Crippen molar-refractivity contribution in [2.45, 2.75) is 13.3 Å². The molecule has 0 aliphatic rings. The van der Waals surface area contributed by atoms with Crippen molar-refractivity contribution >= 4 is 23.0 Å². The summed E-state index contributed by atoms with van der Waals surface area (Å²) >= 11 is 0. The molecule has 34 heavy (non-hydrogen) atoms. The van der Waals surface area contributed by atoms with E-state index in [0.29, 0.717) is 33.6 Å². The Labute approximate surface area is 197 Å². The van der Waals surface area contributed by atoms with Crippen LogP contribution in [0.3, 0.4) is 0 Å². The molecule has 0 unspecified atom stereocenters. The zero-order chi connectivity index (χ0) is 24.1. The van der Waals surface area contributed by atoms with Crippen LogP contribution in [0.4, 0.5) is 0 Å². The first-order valence-electron chi connectivity index (χ1n) is 10.8. The van der Waals surface area contributed by atoms with Gasteiger partial charge in [0.1, 0.15) is 5.58 Å². The number of carbonyl (C=O) groups is 1. The molecule has 4 aromatic rings. The summed E-state index contributed by atoms with van der Waals surface area (Å²) in [7, 11) is 3.08. The first-order chi connectivity index (χ1) is 16.5. The first kappa shape index (κ1) is 22.9. The largest absolute Gasteiger partial charge is 0.493 e. The number of hydrogen-bond donors (Lipinski definition) is 0. The highest BCUT2D eigenvalue weighted by Gasteiger charge is 2.20. The van der Waals surface area contributed by atoms with Gasteiger partial charge in [-0.15, -0.1) is 0 Å². The Bertz CT molecular complexity index is 1420. The van der Waals surface area contributed by atoms with Crippen LogP contribution >= 0.6 is 0 Å². The average molecular weight is 456 g/mol. The van der Waals surface area contributed by atoms with Crippen molar-refractivity contribution < 1.29 is 23.4 Å². The minimum atomic E-state index is -0.703. The molecule has 6 heteroatoms. The predicted octanol–water partition coefficient (Wildman–Crippen LogP) is 5.66. The smallest absolute Gasteiger partial charge is 0.336 e. The number of carbonyl (C=O) groups excluding carboxylic acids is 1. The van der Waals surface area contributed by atoms with Gasteiger partial charge in [-0.2, -0.15) is 0 Å². The zero-order valence-corrected chi connectivity index (χ0v) is 19.2. The van der Waals surface area contributed by atoms with Gasteiger partial charge in [0, 0.05) is 11.6 Å². The molecule has 4 rings (SSSR count). The Hall–Kier alpha value is -4.32. The van der Waals surface area contributed by atoms with Crippen LogP contribution in [0.25, 0.3) is 28.4 Å². The maximum atomic E-state index is 13.4. The minimum Gasteiger partial charge on any atom is -0.493 e. The Balaban J connectivity index is 1.72. The van der Waals surface area contributed by atoms with Crippen molar-refractivity contribution in [2.75, 3.05) is 14.2 Å². The molecule has 0 atom stereocenters. The molecular formula is C28H24O6. The van der Waals surface area contributed by atoms with Crippen LogP contribution in [0.1, 0.15) is 18.1 Å². The van der Waals surface area contributed by atoms with Gasteiger partial charge in [0.05, 0.1) is 19.6 Å². The van der Waals surface area contributed by atoms with E-state index in [1.807, 2.05) is 31.2 Å². The molecule has 6 nitrogen and oxygen atoms in total. The molecule has 0 fully saturated rings. The van der Waals surface area contributed by atoms with Crippen LogP contribution in [-0.2, 0) is 11.2 Å². The van der Waals surface area contributed by atoms with Crippen LogP contribution in [0, 0.1) is 0 Å². The maximum Gasteiger partial charge on any atom is 0.336 e. The van der Waals surface area contributed by atoms with E-state index in [-0.39, 0.29) is 11.5 Å². The summed E-state index contributed by atoms with van der Waals surface area (Å²) in [5, 5.41) is 0.366. The Morgan fingerprint density at radius 1 is 0.941 bits per heavy atom. The Morgan fingerprint density at radius 3 is 2.41 bits per heavy atom. The zero-order valence-electron chi connectivity index (χ0n) is 19.2. The normalized spacial score (nSPS) is 11.0. The summed E-state index contributed by atoms with van der Waals surface area (Å²) in [6, 6.07) is 19.8. The lowest BCUT2D eigenvalue weighted by atomic mass is 10.1. The lowest BCUT2D eigenvalue weighted by Crippen LogP contribution is -2.14. The highest BCUT2D eigenvalue weighted by atomic mass is 16.5. The standard InChI is InChI=1S/C28H24O6/c1-4-18-10-13-22-21(16-18)26(30)28(27(33-22)20-8-6-5-7-9-20)34-25(29)15-12-19-11-14-23(31-2)24(17-19)32-3/h5-17H,4H2,1-3H3/b15-12+. The monoisotopic (exact) mass is 456 g/mol. The molecule has 0 spiro atoms. The predicted molar refractivity (Wildman–Crippen MR) is 132 cm³/mol. The van der Waals surface area contributed by atoms with Crippen molar-refractivity contribution in [2.24, 2.45) is 0 Å². The van der Waals surface area contributed by atoms with Gasteiger partial charge < -0.3 is 18.6 Å². The van der Waals surface area contributed by atoms with Crippen molar-refractivity contribution in [3.05, 3.63) is 94.2 Å². The summed E-state index contributed by atoms with van der Waals surface area (Å²) in [6.07, 6.45) is 3.59. The highest BCUT2D eigenvalue weighted by Crippen LogP contribution is 2.32. The number of methoxy groups -OCH3 is 2. The second kappa shape index (κ2) is 10.1. The molecule has 0 saturated heterocycles. The molecular weight excluding hydrogens is 432 g/mol. The fourth-order valence-electron chi connectivity index (χ4n) is 3.57. The van der Waals surface area contributed by atoms with E-state index in [0.717, 1.165) is 12.0 Å². The van der Waals surface area contributed by atoms with E-state index in [1.165, 1.54) is 13.2 Å². The Kier molecular flexibility index (Phi) is 6.78. The second-order valence-electron chi connectivity index (χ2n) is 7.51. The van der Waals surface area contributed by atoms with Gasteiger partial charge in [-0.1, -0.05) is 49.4 Å². The molecule has 0 aliphatic carbocycles. The van der Waals surface area contributed by atoms with E-state index in [9.17, 15) is 9.59 Å². The van der Waals surface area contributed by atoms with Crippen LogP contribution in [0.2, 0.25) is 0 Å². The quantitative estimate of drug-likeness (QED) is 0.264. The number of esters is 1. The summed E-state index contributed by atoms with van der Waals surface area (Å²) in [6.45, 7) is 2.00. The molecule has 0 radical (unpaired) electrons. The highest BCUT2D eigenvalue weighted by molar-refractivity contribution is 5.91. The third-order valence-electron chi connectivity index (χ3n) is 5.38. The molecule has 1 heterocycles. The number of rotatable bonds is 7. The summed E-state index contributed by atoms with van der Waals surface area (Å²) < 4.78 is 22.1. The van der Waals surface area contributed by atoms with E-state index >= 15 is 0 Å². The van der Waals surface area contributed by atoms with Crippen molar-refractivity contribution in [3.8, 4) is 28.6 Å². The third-order valence-corrected chi connectivity index (χ3v) is 5.38. The Morgan fingerprint density at radius 2 is 1.71 bits per heavy atom. The molecule has 0 saturated carbocycles. The lowest BCUT2D eigenvalue weighted by Gasteiger charge is -2.10. The SMILES string of the molecule is CCc1ccc2oc(-c3ccccc3)c(OC(=O)/C=C/c3ccc(OC)c(OC)c3)c(=O)c2c1. The van der Waals surface area contributed by atoms with Crippen LogP contribution in [0.15, 0.2) is 82.0 Å². The van der Waals surface area contributed by atoms with Gasteiger partial charge in [-0.05, 0) is 47.9 Å². The summed E-state index contributed by atoms with van der Waals surface area (Å²) in [5.74, 6) is 0.468. The minimum absolute atomic E-state index is 0.145. The molecule has 0 N–H and O–H groups in total. The molecule has 0 amide bonds. The van der Waals surface area contributed by atoms with Gasteiger partial charge in [0.2, 0.25) is 11.2 Å². The van der Waals surface area contributed by atoms with Crippen molar-refractivity contribution in [1.29, 1.82) is 0 Å². The average Bonchev–Trinajstić information content (AvgIpc) is 2.89. The van der Waals surface area contributed by atoms with Crippen LogP contribution in [-0.4, -0.2) is 20.2 Å². The van der Waals surface area contributed by atoms with Gasteiger partial charge >= 0.3 is 5.97 Å². The van der Waals surface area contributed by atoms with Gasteiger partial charge in [-0.3, -0.25) is 4.79 Å². The topological polar surface area (TPSA) is 75.0 Å². The van der Waals surface area contributed by atoms with Crippen LogP contribution < -0.4 is 19.6 Å². The second-order valence-corrected chi connectivity index (χ2v) is 7.51. The molecule has 1 aromatic heterocycles.